The van der Waals surface area contributed by atoms with Crippen molar-refractivity contribution in [3.8, 4) is 11.3 Å². The summed E-state index contributed by atoms with van der Waals surface area (Å²) >= 11 is 0. The summed E-state index contributed by atoms with van der Waals surface area (Å²) in [6, 6.07) is 9.43. The fraction of sp³-hybridized carbons (Fsp3) is 0.421. The first-order valence-corrected chi connectivity index (χ1v) is 8.58. The highest BCUT2D eigenvalue weighted by molar-refractivity contribution is 5.97. The van der Waals surface area contributed by atoms with Gasteiger partial charge in [0.05, 0.1) is 11.9 Å². The van der Waals surface area contributed by atoms with Crippen LogP contribution in [0.2, 0.25) is 0 Å². The fourth-order valence-electron chi connectivity index (χ4n) is 3.43. The maximum absolute atomic E-state index is 12.4. The second-order valence-electron chi connectivity index (χ2n) is 6.85. The van der Waals surface area contributed by atoms with Crippen molar-refractivity contribution in [3.05, 3.63) is 42.1 Å². The third-order valence-electron chi connectivity index (χ3n) is 4.47. The Morgan fingerprint density at radius 2 is 1.88 bits per heavy atom. The molecule has 2 heterocycles. The fourth-order valence-corrected chi connectivity index (χ4v) is 3.43. The molecule has 1 amide bonds. The highest BCUT2D eigenvalue weighted by atomic mass is 16.5. The molecule has 0 bridgehead atoms. The molecule has 1 aliphatic heterocycles. The number of benzene rings is 1. The Balaban J connectivity index is 1.62. The van der Waals surface area contributed by atoms with E-state index >= 15 is 0 Å². The quantitative estimate of drug-likeness (QED) is 0.868. The maximum atomic E-state index is 12.4. The third-order valence-corrected chi connectivity index (χ3v) is 4.47. The average Bonchev–Trinajstić information content (AvgIpc) is 3.09. The number of hydrogen-bond donors (Lipinski definition) is 1. The highest BCUT2D eigenvalue weighted by Gasteiger charge is 2.26. The standard InChI is InChI=1S/C19H23N3O3/c1-13-8-14(2)11-22(10-13)17(23)12-25-19(24)16-9-20-21-18(16)15-6-4-3-5-7-15/h3-7,9,13-14H,8,10-12H2,1-2H3,(H,20,21). The van der Waals surface area contributed by atoms with Crippen molar-refractivity contribution in [1.29, 1.82) is 0 Å². The van der Waals surface area contributed by atoms with Crippen LogP contribution in [0.5, 0.6) is 0 Å². The van der Waals surface area contributed by atoms with Crippen LogP contribution in [-0.2, 0) is 9.53 Å². The molecule has 1 aromatic heterocycles. The molecule has 2 atom stereocenters. The van der Waals surface area contributed by atoms with E-state index in [0.29, 0.717) is 23.1 Å². The predicted molar refractivity (Wildman–Crippen MR) is 93.8 cm³/mol. The Morgan fingerprint density at radius 3 is 2.56 bits per heavy atom. The van der Waals surface area contributed by atoms with Crippen LogP contribution in [0, 0.1) is 11.8 Å². The lowest BCUT2D eigenvalue weighted by molar-refractivity contribution is -0.137. The first-order chi connectivity index (χ1) is 12.0. The Labute approximate surface area is 147 Å². The summed E-state index contributed by atoms with van der Waals surface area (Å²) in [5, 5.41) is 6.75. The number of piperidine rings is 1. The Kier molecular flexibility index (Phi) is 5.16. The molecule has 0 saturated carbocycles. The minimum Gasteiger partial charge on any atom is -0.452 e. The van der Waals surface area contributed by atoms with E-state index in [9.17, 15) is 9.59 Å². The zero-order valence-corrected chi connectivity index (χ0v) is 14.6. The van der Waals surface area contributed by atoms with E-state index in [-0.39, 0.29) is 12.5 Å². The minimum atomic E-state index is -0.543. The van der Waals surface area contributed by atoms with Gasteiger partial charge in [0.25, 0.3) is 5.91 Å². The predicted octanol–water partition coefficient (Wildman–Crippen LogP) is 2.74. The summed E-state index contributed by atoms with van der Waals surface area (Å²) in [6.07, 6.45) is 2.55. The highest BCUT2D eigenvalue weighted by Crippen LogP contribution is 2.22. The third kappa shape index (κ3) is 4.07. The van der Waals surface area contributed by atoms with Gasteiger partial charge >= 0.3 is 5.97 Å². The zero-order valence-electron chi connectivity index (χ0n) is 14.6. The number of carbonyl (C=O) groups is 2. The van der Waals surface area contributed by atoms with Crippen LogP contribution in [0.3, 0.4) is 0 Å². The molecule has 0 aliphatic carbocycles. The molecule has 25 heavy (non-hydrogen) atoms. The number of amides is 1. The normalized spacial score (nSPS) is 20.3. The largest absolute Gasteiger partial charge is 0.452 e. The Bertz CT molecular complexity index is 731. The molecule has 6 heteroatoms. The number of nitrogens with one attached hydrogen (secondary N) is 1. The van der Waals surface area contributed by atoms with Crippen molar-refractivity contribution in [1.82, 2.24) is 15.1 Å². The van der Waals surface area contributed by atoms with E-state index in [0.717, 1.165) is 25.1 Å². The molecule has 2 unspecified atom stereocenters. The molecule has 6 nitrogen and oxygen atoms in total. The summed E-state index contributed by atoms with van der Waals surface area (Å²) < 4.78 is 5.24. The Hall–Kier alpha value is -2.63. The van der Waals surface area contributed by atoms with Crippen molar-refractivity contribution in [3.63, 3.8) is 0 Å². The lowest BCUT2D eigenvalue weighted by Gasteiger charge is -2.34. The number of aromatic nitrogens is 2. The summed E-state index contributed by atoms with van der Waals surface area (Å²) in [7, 11) is 0. The van der Waals surface area contributed by atoms with Gasteiger partial charge in [0.1, 0.15) is 5.56 Å². The van der Waals surface area contributed by atoms with Gasteiger partial charge in [-0.3, -0.25) is 9.89 Å². The van der Waals surface area contributed by atoms with Crippen LogP contribution >= 0.6 is 0 Å². The molecule has 1 aromatic carbocycles. The summed E-state index contributed by atoms with van der Waals surface area (Å²) in [6.45, 7) is 5.49. The number of esters is 1. The first-order valence-electron chi connectivity index (χ1n) is 8.58. The number of nitrogens with zero attached hydrogens (tertiary/aromatic N) is 2. The first kappa shape index (κ1) is 17.2. The number of ether oxygens (including phenoxy) is 1. The number of H-pyrrole nitrogens is 1. The van der Waals surface area contributed by atoms with Crippen molar-refractivity contribution >= 4 is 11.9 Å². The average molecular weight is 341 g/mol. The molecule has 1 fully saturated rings. The Morgan fingerprint density at radius 1 is 1.20 bits per heavy atom. The summed E-state index contributed by atoms with van der Waals surface area (Å²) in [5.41, 5.74) is 1.77. The molecule has 1 aliphatic rings. The minimum absolute atomic E-state index is 0.142. The van der Waals surface area contributed by atoms with Gasteiger partial charge in [-0.2, -0.15) is 5.10 Å². The molecule has 0 spiro atoms. The SMILES string of the molecule is CC1CC(C)CN(C(=O)COC(=O)c2cn[nH]c2-c2ccccc2)C1. The molecule has 3 rings (SSSR count). The van der Waals surface area contributed by atoms with Gasteiger partial charge in [-0.05, 0) is 18.3 Å². The number of hydrogen-bond acceptors (Lipinski definition) is 4. The second kappa shape index (κ2) is 7.51. The van der Waals surface area contributed by atoms with Gasteiger partial charge in [-0.25, -0.2) is 4.79 Å². The topological polar surface area (TPSA) is 75.3 Å². The van der Waals surface area contributed by atoms with Gasteiger partial charge in [0, 0.05) is 18.7 Å². The van der Waals surface area contributed by atoms with Crippen molar-refractivity contribution in [2.45, 2.75) is 20.3 Å². The lowest BCUT2D eigenvalue weighted by atomic mass is 9.92. The molecular weight excluding hydrogens is 318 g/mol. The number of likely N-dealkylation sites (tertiary alicyclic amines) is 1. The van der Waals surface area contributed by atoms with Gasteiger partial charge in [0.2, 0.25) is 0 Å². The molecule has 0 radical (unpaired) electrons. The van der Waals surface area contributed by atoms with Gasteiger partial charge in [0.15, 0.2) is 6.61 Å². The lowest BCUT2D eigenvalue weighted by Crippen LogP contribution is -2.44. The van der Waals surface area contributed by atoms with Crippen LogP contribution in [0.4, 0.5) is 0 Å². The van der Waals surface area contributed by atoms with E-state index in [2.05, 4.69) is 24.0 Å². The van der Waals surface area contributed by atoms with Gasteiger partial charge in [-0.1, -0.05) is 44.2 Å². The maximum Gasteiger partial charge on any atom is 0.342 e. The van der Waals surface area contributed by atoms with E-state index < -0.39 is 5.97 Å². The monoisotopic (exact) mass is 341 g/mol. The molecule has 2 aromatic rings. The number of aromatic amines is 1. The van der Waals surface area contributed by atoms with Crippen molar-refractivity contribution in [2.24, 2.45) is 11.8 Å². The van der Waals surface area contributed by atoms with E-state index in [1.165, 1.54) is 6.20 Å². The van der Waals surface area contributed by atoms with E-state index in [1.807, 2.05) is 30.3 Å². The van der Waals surface area contributed by atoms with Crippen LogP contribution in [0.25, 0.3) is 11.3 Å². The zero-order chi connectivity index (χ0) is 17.8. The molecule has 1 saturated heterocycles. The van der Waals surface area contributed by atoms with Crippen LogP contribution in [-0.4, -0.2) is 46.7 Å². The van der Waals surface area contributed by atoms with Crippen LogP contribution in [0.15, 0.2) is 36.5 Å². The van der Waals surface area contributed by atoms with Crippen molar-refractivity contribution in [2.75, 3.05) is 19.7 Å². The van der Waals surface area contributed by atoms with Gasteiger partial charge < -0.3 is 9.64 Å². The van der Waals surface area contributed by atoms with E-state index in [1.54, 1.807) is 4.90 Å². The van der Waals surface area contributed by atoms with Crippen LogP contribution in [0.1, 0.15) is 30.6 Å². The summed E-state index contributed by atoms with van der Waals surface area (Å²) in [5.74, 6) is 0.263. The summed E-state index contributed by atoms with van der Waals surface area (Å²) in [4.78, 5) is 26.5. The van der Waals surface area contributed by atoms with Crippen LogP contribution < -0.4 is 0 Å². The number of rotatable bonds is 4. The smallest absolute Gasteiger partial charge is 0.342 e. The molecule has 132 valence electrons. The van der Waals surface area contributed by atoms with Gasteiger partial charge in [-0.15, -0.1) is 0 Å². The van der Waals surface area contributed by atoms with E-state index in [4.69, 9.17) is 4.74 Å². The second-order valence-corrected chi connectivity index (χ2v) is 6.85. The van der Waals surface area contributed by atoms with Crippen molar-refractivity contribution < 1.29 is 14.3 Å². The molecular formula is C19H23N3O3. The molecule has 1 N–H and O–H groups in total. The number of carbonyl (C=O) groups excluding carboxylic acids is 2.